The third-order valence-corrected chi connectivity index (χ3v) is 1.72. The Morgan fingerprint density at radius 1 is 1.75 bits per heavy atom. The Hall–Kier alpha value is -0.460. The van der Waals surface area contributed by atoms with E-state index in [0.717, 1.165) is 0 Å². The van der Waals surface area contributed by atoms with E-state index in [1.54, 1.807) is 0 Å². The number of allylic oxidation sites excluding steroid dienone is 1. The summed E-state index contributed by atoms with van der Waals surface area (Å²) in [4.78, 5) is 2.39. The minimum Gasteiger partial charge on any atom is -0.375 e. The van der Waals surface area contributed by atoms with Gasteiger partial charge in [-0.1, -0.05) is 6.08 Å². The molecule has 0 radical (unpaired) electrons. The zero-order chi connectivity index (χ0) is 5.98. The summed E-state index contributed by atoms with van der Waals surface area (Å²) in [6.07, 6.45) is 3.54. The number of rotatable bonds is 1. The standard InChI is InChI=1S/C7H13N/c1-3-8-6-4-5-7(8)2/h5H,3-4,6H2,1-2H3. The maximum Gasteiger partial charge on any atom is 0.0210 e. The zero-order valence-corrected chi connectivity index (χ0v) is 5.65. The van der Waals surface area contributed by atoms with Crippen LogP contribution in [0, 0.1) is 0 Å². The first kappa shape index (κ1) is 5.67. The molecule has 0 fully saturated rings. The van der Waals surface area contributed by atoms with E-state index < -0.39 is 0 Å². The lowest BCUT2D eigenvalue weighted by atomic mass is 10.4. The van der Waals surface area contributed by atoms with Crippen molar-refractivity contribution in [3.05, 3.63) is 11.8 Å². The highest BCUT2D eigenvalue weighted by Gasteiger charge is 2.06. The maximum absolute atomic E-state index is 2.39. The summed E-state index contributed by atoms with van der Waals surface area (Å²) >= 11 is 0. The predicted molar refractivity (Wildman–Crippen MR) is 35.6 cm³/mol. The molecule has 0 atom stereocenters. The van der Waals surface area contributed by atoms with Gasteiger partial charge in [0.1, 0.15) is 0 Å². The lowest BCUT2D eigenvalue weighted by Crippen LogP contribution is -2.16. The normalized spacial score (nSPS) is 19.2. The van der Waals surface area contributed by atoms with Gasteiger partial charge < -0.3 is 4.90 Å². The van der Waals surface area contributed by atoms with Crippen LogP contribution in [0.25, 0.3) is 0 Å². The van der Waals surface area contributed by atoms with E-state index in [1.165, 1.54) is 25.2 Å². The smallest absolute Gasteiger partial charge is 0.0210 e. The van der Waals surface area contributed by atoms with Crippen LogP contribution in [0.15, 0.2) is 11.8 Å². The molecule has 0 saturated heterocycles. The van der Waals surface area contributed by atoms with Gasteiger partial charge in [0, 0.05) is 18.8 Å². The molecule has 8 heavy (non-hydrogen) atoms. The van der Waals surface area contributed by atoms with Gasteiger partial charge in [-0.2, -0.15) is 0 Å². The van der Waals surface area contributed by atoms with Crippen LogP contribution in [0.3, 0.4) is 0 Å². The van der Waals surface area contributed by atoms with E-state index in [0.29, 0.717) is 0 Å². The van der Waals surface area contributed by atoms with Crippen LogP contribution in [0.2, 0.25) is 0 Å². The van der Waals surface area contributed by atoms with Gasteiger partial charge in [0.05, 0.1) is 0 Å². The van der Waals surface area contributed by atoms with E-state index in [-0.39, 0.29) is 0 Å². The Bertz CT molecular complexity index is 105. The number of nitrogens with zero attached hydrogens (tertiary/aromatic N) is 1. The van der Waals surface area contributed by atoms with Gasteiger partial charge in [0.25, 0.3) is 0 Å². The average molecular weight is 111 g/mol. The van der Waals surface area contributed by atoms with Crippen LogP contribution in [-0.2, 0) is 0 Å². The molecule has 1 rings (SSSR count). The molecular formula is C7H13N. The van der Waals surface area contributed by atoms with Crippen molar-refractivity contribution in [3.8, 4) is 0 Å². The fraction of sp³-hybridized carbons (Fsp3) is 0.714. The summed E-state index contributed by atoms with van der Waals surface area (Å²) in [7, 11) is 0. The van der Waals surface area contributed by atoms with Crippen molar-refractivity contribution in [1.82, 2.24) is 4.90 Å². The fourth-order valence-corrected chi connectivity index (χ4v) is 1.14. The van der Waals surface area contributed by atoms with Crippen LogP contribution < -0.4 is 0 Å². The molecule has 0 spiro atoms. The van der Waals surface area contributed by atoms with Crippen LogP contribution in [0.4, 0.5) is 0 Å². The molecule has 0 unspecified atom stereocenters. The van der Waals surface area contributed by atoms with Crippen molar-refractivity contribution in [3.63, 3.8) is 0 Å². The van der Waals surface area contributed by atoms with Gasteiger partial charge in [-0.25, -0.2) is 0 Å². The highest BCUT2D eigenvalue weighted by atomic mass is 15.1. The third kappa shape index (κ3) is 0.857. The fourth-order valence-electron chi connectivity index (χ4n) is 1.14. The Labute approximate surface area is 51.0 Å². The lowest BCUT2D eigenvalue weighted by Gasteiger charge is -2.16. The molecule has 0 saturated carbocycles. The summed E-state index contributed by atoms with van der Waals surface area (Å²) in [5.74, 6) is 0. The molecule has 46 valence electrons. The van der Waals surface area contributed by atoms with E-state index in [9.17, 15) is 0 Å². The number of hydrogen-bond donors (Lipinski definition) is 0. The summed E-state index contributed by atoms with van der Waals surface area (Å²) in [5, 5.41) is 0. The molecule has 0 aromatic rings. The Morgan fingerprint density at radius 2 is 2.50 bits per heavy atom. The number of hydrogen-bond acceptors (Lipinski definition) is 1. The van der Waals surface area contributed by atoms with Crippen molar-refractivity contribution in [1.29, 1.82) is 0 Å². The second-order valence-corrected chi connectivity index (χ2v) is 2.21. The summed E-state index contributed by atoms with van der Waals surface area (Å²) in [6, 6.07) is 0. The quantitative estimate of drug-likeness (QED) is 0.497. The molecule has 1 heteroatoms. The Balaban J connectivity index is 2.46. The van der Waals surface area contributed by atoms with Gasteiger partial charge in [-0.3, -0.25) is 0 Å². The molecule has 0 aliphatic carbocycles. The second-order valence-electron chi connectivity index (χ2n) is 2.21. The van der Waals surface area contributed by atoms with Crippen molar-refractivity contribution < 1.29 is 0 Å². The lowest BCUT2D eigenvalue weighted by molar-refractivity contribution is 0.398. The molecule has 0 bridgehead atoms. The molecule has 1 aliphatic heterocycles. The second kappa shape index (κ2) is 2.21. The third-order valence-electron chi connectivity index (χ3n) is 1.72. The van der Waals surface area contributed by atoms with Gasteiger partial charge >= 0.3 is 0 Å². The molecule has 1 nitrogen and oxygen atoms in total. The van der Waals surface area contributed by atoms with Crippen molar-refractivity contribution in [2.24, 2.45) is 0 Å². The van der Waals surface area contributed by atoms with Crippen LogP contribution in [0.5, 0.6) is 0 Å². The van der Waals surface area contributed by atoms with Crippen molar-refractivity contribution in [2.45, 2.75) is 20.3 Å². The first-order chi connectivity index (χ1) is 3.84. The molecule has 1 aliphatic rings. The minimum atomic E-state index is 1.17. The largest absolute Gasteiger partial charge is 0.375 e. The van der Waals surface area contributed by atoms with Crippen LogP contribution in [0.1, 0.15) is 20.3 Å². The van der Waals surface area contributed by atoms with E-state index in [1.807, 2.05) is 0 Å². The van der Waals surface area contributed by atoms with Gasteiger partial charge in [-0.05, 0) is 20.3 Å². The van der Waals surface area contributed by atoms with Crippen molar-refractivity contribution >= 4 is 0 Å². The Morgan fingerprint density at radius 3 is 2.75 bits per heavy atom. The summed E-state index contributed by atoms with van der Waals surface area (Å²) in [5.41, 5.74) is 1.45. The van der Waals surface area contributed by atoms with Crippen LogP contribution >= 0.6 is 0 Å². The molecule has 0 aromatic carbocycles. The highest BCUT2D eigenvalue weighted by Crippen LogP contribution is 2.11. The van der Waals surface area contributed by atoms with E-state index in [2.05, 4.69) is 24.8 Å². The van der Waals surface area contributed by atoms with Gasteiger partial charge in [0.2, 0.25) is 0 Å². The molecule has 1 heterocycles. The summed E-state index contributed by atoms with van der Waals surface area (Å²) in [6.45, 7) is 6.78. The van der Waals surface area contributed by atoms with Gasteiger partial charge in [0.15, 0.2) is 0 Å². The maximum atomic E-state index is 2.39. The van der Waals surface area contributed by atoms with Crippen LogP contribution in [-0.4, -0.2) is 18.0 Å². The SMILES string of the molecule is CCN1CCC=C1C. The molecule has 0 N–H and O–H groups in total. The van der Waals surface area contributed by atoms with Crippen molar-refractivity contribution in [2.75, 3.05) is 13.1 Å². The molecule has 0 amide bonds. The topological polar surface area (TPSA) is 3.24 Å². The van der Waals surface area contributed by atoms with E-state index >= 15 is 0 Å². The molecular weight excluding hydrogens is 98.1 g/mol. The first-order valence-electron chi connectivity index (χ1n) is 3.26. The zero-order valence-electron chi connectivity index (χ0n) is 5.65. The first-order valence-corrected chi connectivity index (χ1v) is 3.26. The minimum absolute atomic E-state index is 1.17. The monoisotopic (exact) mass is 111 g/mol. The molecule has 0 aromatic heterocycles. The van der Waals surface area contributed by atoms with E-state index in [4.69, 9.17) is 0 Å². The predicted octanol–water partition coefficient (Wildman–Crippen LogP) is 1.62. The van der Waals surface area contributed by atoms with Gasteiger partial charge in [-0.15, -0.1) is 0 Å². The summed E-state index contributed by atoms with van der Waals surface area (Å²) < 4.78 is 0. The average Bonchev–Trinajstić information content (AvgIpc) is 2.14. The Kier molecular flexibility index (Phi) is 1.56. The highest BCUT2D eigenvalue weighted by molar-refractivity contribution is 5.03.